The van der Waals surface area contributed by atoms with Gasteiger partial charge in [0.1, 0.15) is 10.6 Å². The summed E-state index contributed by atoms with van der Waals surface area (Å²) in [5.74, 6) is -1.59. The summed E-state index contributed by atoms with van der Waals surface area (Å²) in [6.45, 7) is 2.30. The predicted molar refractivity (Wildman–Crippen MR) is 117 cm³/mol. The second-order valence-electron chi connectivity index (χ2n) is 6.27. The molecule has 0 fully saturated rings. The smallest absolute Gasteiger partial charge is 0.342 e. The number of esters is 1. The predicted octanol–water partition coefficient (Wildman–Crippen LogP) is 4.43. The van der Waals surface area contributed by atoms with E-state index >= 15 is 0 Å². The SMILES string of the molecule is CC(=O)Nc1ccc(C(=O)COC(=O)c2c(-c3cccs3)csc2NC(C)=O)cc1. The molecule has 30 heavy (non-hydrogen) atoms. The molecule has 154 valence electrons. The fraction of sp³-hybridized carbons (Fsp3) is 0.143. The van der Waals surface area contributed by atoms with Crippen LogP contribution in [-0.2, 0) is 14.3 Å². The molecule has 0 saturated heterocycles. The first kappa shape index (κ1) is 21.4. The Labute approximate surface area is 180 Å². The van der Waals surface area contributed by atoms with E-state index in [0.29, 0.717) is 21.8 Å². The third-order valence-corrected chi connectivity index (χ3v) is 5.73. The average molecular weight is 443 g/mol. The summed E-state index contributed by atoms with van der Waals surface area (Å²) in [6, 6.07) is 10.0. The quantitative estimate of drug-likeness (QED) is 0.416. The van der Waals surface area contributed by atoms with E-state index in [4.69, 9.17) is 4.74 Å². The van der Waals surface area contributed by atoms with Crippen LogP contribution >= 0.6 is 22.7 Å². The first-order valence-electron chi connectivity index (χ1n) is 8.86. The van der Waals surface area contributed by atoms with Crippen molar-refractivity contribution in [1.82, 2.24) is 0 Å². The third kappa shape index (κ3) is 5.19. The van der Waals surface area contributed by atoms with Gasteiger partial charge in [0.05, 0.1) is 0 Å². The minimum Gasteiger partial charge on any atom is -0.454 e. The molecule has 3 rings (SSSR count). The van der Waals surface area contributed by atoms with Gasteiger partial charge in [-0.15, -0.1) is 22.7 Å². The standard InChI is InChI=1S/C21H18N2O5S2/c1-12(24)22-15-7-5-14(6-8-15)17(26)10-28-21(27)19-16(18-4-3-9-29-18)11-30-20(19)23-13(2)25/h3-9,11H,10H2,1-2H3,(H,22,24)(H,23,25). The lowest BCUT2D eigenvalue weighted by Gasteiger charge is -2.08. The molecular weight excluding hydrogens is 424 g/mol. The van der Waals surface area contributed by atoms with Gasteiger partial charge in [0, 0.05) is 40.9 Å². The van der Waals surface area contributed by atoms with Crippen LogP contribution in [0.4, 0.5) is 10.7 Å². The maximum absolute atomic E-state index is 12.8. The van der Waals surface area contributed by atoms with Crippen molar-refractivity contribution in [2.45, 2.75) is 13.8 Å². The van der Waals surface area contributed by atoms with E-state index in [1.54, 1.807) is 29.6 Å². The van der Waals surface area contributed by atoms with Gasteiger partial charge in [-0.05, 0) is 35.7 Å². The minimum absolute atomic E-state index is 0.213. The van der Waals surface area contributed by atoms with Crippen molar-refractivity contribution in [3.63, 3.8) is 0 Å². The molecule has 0 radical (unpaired) electrons. The minimum atomic E-state index is -0.688. The number of hydrogen-bond donors (Lipinski definition) is 2. The molecule has 0 aliphatic rings. The highest BCUT2D eigenvalue weighted by Gasteiger charge is 2.23. The van der Waals surface area contributed by atoms with Gasteiger partial charge in [-0.3, -0.25) is 14.4 Å². The highest BCUT2D eigenvalue weighted by Crippen LogP contribution is 2.38. The monoisotopic (exact) mass is 442 g/mol. The highest BCUT2D eigenvalue weighted by molar-refractivity contribution is 7.17. The van der Waals surface area contributed by atoms with Gasteiger partial charge >= 0.3 is 5.97 Å². The summed E-state index contributed by atoms with van der Waals surface area (Å²) in [7, 11) is 0. The molecule has 0 aliphatic carbocycles. The van der Waals surface area contributed by atoms with Crippen LogP contribution < -0.4 is 10.6 Å². The molecule has 9 heteroatoms. The zero-order chi connectivity index (χ0) is 21.7. The summed E-state index contributed by atoms with van der Waals surface area (Å²) in [5, 5.41) is 9.29. The second-order valence-corrected chi connectivity index (χ2v) is 8.10. The topological polar surface area (TPSA) is 102 Å². The van der Waals surface area contributed by atoms with Gasteiger partial charge in [0.2, 0.25) is 11.8 Å². The third-order valence-electron chi connectivity index (χ3n) is 3.93. The lowest BCUT2D eigenvalue weighted by atomic mass is 10.1. The van der Waals surface area contributed by atoms with Crippen LogP contribution in [0.1, 0.15) is 34.6 Å². The Kier molecular flexibility index (Phi) is 6.76. The molecule has 2 heterocycles. The van der Waals surface area contributed by atoms with Gasteiger partial charge < -0.3 is 15.4 Å². The fourth-order valence-corrected chi connectivity index (χ4v) is 4.47. The van der Waals surface area contributed by atoms with E-state index in [1.165, 1.54) is 36.5 Å². The fourth-order valence-electron chi connectivity index (χ4n) is 2.65. The number of thiophene rings is 2. The Balaban J connectivity index is 1.74. The number of amides is 2. The van der Waals surface area contributed by atoms with E-state index < -0.39 is 12.6 Å². The lowest BCUT2D eigenvalue weighted by Crippen LogP contribution is -2.16. The number of Topliss-reactive ketones (excluding diaryl/α,β-unsaturated/α-hetero) is 1. The van der Waals surface area contributed by atoms with Gasteiger partial charge in [0.25, 0.3) is 0 Å². The van der Waals surface area contributed by atoms with Crippen LogP contribution in [0.3, 0.4) is 0 Å². The summed E-state index contributed by atoms with van der Waals surface area (Å²) in [4.78, 5) is 48.6. The molecule has 3 aromatic rings. The maximum atomic E-state index is 12.8. The number of nitrogens with one attached hydrogen (secondary N) is 2. The summed E-state index contributed by atoms with van der Waals surface area (Å²) >= 11 is 2.68. The number of carbonyl (C=O) groups is 4. The Morgan fingerprint density at radius 1 is 0.933 bits per heavy atom. The van der Waals surface area contributed by atoms with Crippen LogP contribution in [0.5, 0.6) is 0 Å². The van der Waals surface area contributed by atoms with Gasteiger partial charge in [-0.2, -0.15) is 0 Å². The molecule has 0 bridgehead atoms. The Bertz CT molecular complexity index is 1090. The number of rotatable bonds is 7. The van der Waals surface area contributed by atoms with Crippen LogP contribution in [0, 0.1) is 0 Å². The molecule has 0 unspecified atom stereocenters. The zero-order valence-corrected chi connectivity index (χ0v) is 17.8. The van der Waals surface area contributed by atoms with E-state index in [2.05, 4.69) is 10.6 Å². The molecule has 2 amide bonds. The van der Waals surface area contributed by atoms with Gasteiger partial charge in [-0.25, -0.2) is 4.79 Å². The van der Waals surface area contributed by atoms with Crippen molar-refractivity contribution < 1.29 is 23.9 Å². The van der Waals surface area contributed by atoms with Gasteiger partial charge in [-0.1, -0.05) is 6.07 Å². The van der Waals surface area contributed by atoms with Crippen molar-refractivity contribution in [2.24, 2.45) is 0 Å². The molecule has 7 nitrogen and oxygen atoms in total. The molecule has 1 aromatic carbocycles. The number of ether oxygens (including phenoxy) is 1. The summed E-state index contributed by atoms with van der Waals surface area (Å²) < 4.78 is 5.26. The first-order valence-corrected chi connectivity index (χ1v) is 10.6. The molecule has 2 aromatic heterocycles. The average Bonchev–Trinajstić information content (AvgIpc) is 3.35. The van der Waals surface area contributed by atoms with Crippen molar-refractivity contribution in [3.05, 3.63) is 58.3 Å². The zero-order valence-electron chi connectivity index (χ0n) is 16.2. The largest absolute Gasteiger partial charge is 0.454 e. The van der Waals surface area contributed by atoms with E-state index in [1.807, 2.05) is 17.5 Å². The molecule has 0 saturated carbocycles. The Hall–Kier alpha value is -3.30. The van der Waals surface area contributed by atoms with E-state index in [-0.39, 0.29) is 23.2 Å². The van der Waals surface area contributed by atoms with Crippen LogP contribution in [-0.4, -0.2) is 30.2 Å². The lowest BCUT2D eigenvalue weighted by molar-refractivity contribution is -0.115. The van der Waals surface area contributed by atoms with Crippen LogP contribution in [0.2, 0.25) is 0 Å². The number of carbonyl (C=O) groups excluding carboxylic acids is 4. The van der Waals surface area contributed by atoms with Crippen molar-refractivity contribution in [2.75, 3.05) is 17.2 Å². The number of hydrogen-bond acceptors (Lipinski definition) is 7. The van der Waals surface area contributed by atoms with Crippen molar-refractivity contribution >= 4 is 56.9 Å². The molecule has 0 spiro atoms. The van der Waals surface area contributed by atoms with Crippen LogP contribution in [0.25, 0.3) is 10.4 Å². The van der Waals surface area contributed by atoms with Gasteiger partial charge in [0.15, 0.2) is 12.4 Å². The van der Waals surface area contributed by atoms with Crippen molar-refractivity contribution in [1.29, 1.82) is 0 Å². The molecular formula is C21H18N2O5S2. The highest BCUT2D eigenvalue weighted by atomic mass is 32.1. The molecule has 2 N–H and O–H groups in total. The maximum Gasteiger partial charge on any atom is 0.342 e. The Morgan fingerprint density at radius 2 is 1.63 bits per heavy atom. The number of ketones is 1. The molecule has 0 atom stereocenters. The van der Waals surface area contributed by atoms with E-state index in [0.717, 1.165) is 4.88 Å². The number of benzene rings is 1. The Morgan fingerprint density at radius 3 is 2.23 bits per heavy atom. The number of anilines is 2. The van der Waals surface area contributed by atoms with Crippen molar-refractivity contribution in [3.8, 4) is 10.4 Å². The summed E-state index contributed by atoms with van der Waals surface area (Å²) in [5.41, 5.74) is 1.79. The molecule has 0 aliphatic heterocycles. The van der Waals surface area contributed by atoms with Crippen LogP contribution in [0.15, 0.2) is 47.2 Å². The van der Waals surface area contributed by atoms with E-state index in [9.17, 15) is 19.2 Å². The normalized spacial score (nSPS) is 10.3. The second kappa shape index (κ2) is 9.47. The first-order chi connectivity index (χ1) is 14.3. The summed E-state index contributed by atoms with van der Waals surface area (Å²) in [6.07, 6.45) is 0.